The van der Waals surface area contributed by atoms with Crippen molar-refractivity contribution < 1.29 is 8.42 Å². The Kier molecular flexibility index (Phi) is 5.40. The van der Waals surface area contributed by atoms with Crippen LogP contribution in [0.15, 0.2) is 6.07 Å². The van der Waals surface area contributed by atoms with Gasteiger partial charge in [0.15, 0.2) is 9.84 Å². The smallest absolute Gasteiger partial charge is 0.154 e. The van der Waals surface area contributed by atoms with Crippen molar-refractivity contribution in [1.29, 1.82) is 0 Å². The minimum atomic E-state index is -3.05. The average Bonchev–Trinajstić information content (AvgIpc) is 2.87. The van der Waals surface area contributed by atoms with Crippen molar-refractivity contribution in [2.75, 3.05) is 5.75 Å². The minimum absolute atomic E-state index is 0.248. The molecule has 2 heterocycles. The Bertz CT molecular complexity index is 568. The number of nitrogens with two attached hydrogens (primary N) is 1. The Morgan fingerprint density at radius 2 is 2.24 bits per heavy atom. The summed E-state index contributed by atoms with van der Waals surface area (Å²) in [6.07, 6.45) is 3.89. The fourth-order valence-corrected chi connectivity index (χ4v) is 5.19. The van der Waals surface area contributed by atoms with Gasteiger partial charge in [-0.2, -0.15) is 5.10 Å². The van der Waals surface area contributed by atoms with Crippen LogP contribution in [0, 0.1) is 0 Å². The maximum atomic E-state index is 12.3. The molecule has 1 fully saturated rings. The van der Waals surface area contributed by atoms with Gasteiger partial charge in [-0.3, -0.25) is 16.0 Å². The summed E-state index contributed by atoms with van der Waals surface area (Å²) >= 11 is 0. The zero-order chi connectivity index (χ0) is 15.5. The molecule has 1 saturated heterocycles. The van der Waals surface area contributed by atoms with Crippen LogP contribution in [0.25, 0.3) is 0 Å². The van der Waals surface area contributed by atoms with Crippen molar-refractivity contribution in [2.45, 2.75) is 63.8 Å². The van der Waals surface area contributed by atoms with Crippen LogP contribution in [0.1, 0.15) is 44.5 Å². The Labute approximate surface area is 127 Å². The van der Waals surface area contributed by atoms with Crippen LogP contribution in [-0.2, 0) is 29.2 Å². The van der Waals surface area contributed by atoms with Crippen LogP contribution in [0.4, 0.5) is 0 Å². The first-order chi connectivity index (χ1) is 10.0. The van der Waals surface area contributed by atoms with Gasteiger partial charge in [-0.15, -0.1) is 0 Å². The Morgan fingerprint density at radius 3 is 2.81 bits per heavy atom. The molecule has 2 atom stereocenters. The van der Waals surface area contributed by atoms with E-state index >= 15 is 0 Å². The van der Waals surface area contributed by atoms with Crippen LogP contribution >= 0.6 is 0 Å². The maximum Gasteiger partial charge on any atom is 0.154 e. The van der Waals surface area contributed by atoms with Gasteiger partial charge in [0, 0.05) is 24.7 Å². The van der Waals surface area contributed by atoms with Crippen LogP contribution in [0.2, 0.25) is 0 Å². The standard InChI is InChI=1S/C14H26N4O2S/c1-3-11-9-12(18(4-2)17-11)10-13(16-15)14-7-5-6-8-21(14,19)20/h9,13-14,16H,3-8,10,15H2,1-2H3. The molecule has 2 unspecified atom stereocenters. The molecule has 0 spiro atoms. The lowest BCUT2D eigenvalue weighted by molar-refractivity contribution is 0.430. The molecule has 3 N–H and O–H groups in total. The SMILES string of the molecule is CCc1cc(CC(NN)C2CCCCS2(=O)=O)n(CC)n1. The van der Waals surface area contributed by atoms with Crippen LogP contribution in [0.3, 0.4) is 0 Å². The second kappa shape index (κ2) is 6.89. The van der Waals surface area contributed by atoms with E-state index < -0.39 is 9.84 Å². The van der Waals surface area contributed by atoms with E-state index in [0.29, 0.717) is 12.8 Å². The van der Waals surface area contributed by atoms with Gasteiger partial charge in [0.05, 0.1) is 16.7 Å². The Hall–Kier alpha value is -0.920. The van der Waals surface area contributed by atoms with E-state index in [1.165, 1.54) is 0 Å². The quantitative estimate of drug-likeness (QED) is 0.599. The molecule has 0 bridgehead atoms. The molecule has 21 heavy (non-hydrogen) atoms. The molecule has 0 aliphatic carbocycles. The zero-order valence-corrected chi connectivity index (χ0v) is 13.7. The fraction of sp³-hybridized carbons (Fsp3) is 0.786. The van der Waals surface area contributed by atoms with Crippen molar-refractivity contribution in [1.82, 2.24) is 15.2 Å². The number of hydrogen-bond donors (Lipinski definition) is 2. The third-order valence-electron chi connectivity index (χ3n) is 4.30. The molecule has 6 nitrogen and oxygen atoms in total. The monoisotopic (exact) mass is 314 g/mol. The zero-order valence-electron chi connectivity index (χ0n) is 12.9. The summed E-state index contributed by atoms with van der Waals surface area (Å²) in [5, 5.41) is 4.13. The van der Waals surface area contributed by atoms with Gasteiger partial charge in [0.1, 0.15) is 0 Å². The molecule has 1 aliphatic heterocycles. The van der Waals surface area contributed by atoms with E-state index in [4.69, 9.17) is 5.84 Å². The van der Waals surface area contributed by atoms with Gasteiger partial charge in [-0.1, -0.05) is 13.3 Å². The third kappa shape index (κ3) is 3.64. The van der Waals surface area contributed by atoms with Gasteiger partial charge in [-0.25, -0.2) is 8.42 Å². The minimum Gasteiger partial charge on any atom is -0.271 e. The van der Waals surface area contributed by atoms with Gasteiger partial charge >= 0.3 is 0 Å². The molecule has 1 aromatic heterocycles. The van der Waals surface area contributed by atoms with Gasteiger partial charge < -0.3 is 0 Å². The first kappa shape index (κ1) is 16.5. The maximum absolute atomic E-state index is 12.3. The molecule has 1 aromatic rings. The van der Waals surface area contributed by atoms with Gasteiger partial charge in [0.25, 0.3) is 0 Å². The normalized spacial score (nSPS) is 23.1. The second-order valence-electron chi connectivity index (χ2n) is 5.67. The second-order valence-corrected chi connectivity index (χ2v) is 8.01. The molecule has 0 aromatic carbocycles. The van der Waals surface area contributed by atoms with Crippen molar-refractivity contribution >= 4 is 9.84 Å². The van der Waals surface area contributed by atoms with E-state index in [2.05, 4.69) is 23.5 Å². The predicted octanol–water partition coefficient (Wildman–Crippen LogP) is 0.807. The van der Waals surface area contributed by atoms with Crippen molar-refractivity contribution in [3.63, 3.8) is 0 Å². The summed E-state index contributed by atoms with van der Waals surface area (Å²) in [4.78, 5) is 0. The van der Waals surface area contributed by atoms with Crippen molar-refractivity contribution in [3.05, 3.63) is 17.5 Å². The summed E-state index contributed by atoms with van der Waals surface area (Å²) in [6.45, 7) is 4.89. The lowest BCUT2D eigenvalue weighted by Crippen LogP contribution is -2.50. The molecular formula is C14H26N4O2S. The Balaban J connectivity index is 2.20. The van der Waals surface area contributed by atoms with Crippen molar-refractivity contribution in [2.24, 2.45) is 5.84 Å². The first-order valence-corrected chi connectivity index (χ1v) is 9.46. The first-order valence-electron chi connectivity index (χ1n) is 7.75. The highest BCUT2D eigenvalue weighted by Crippen LogP contribution is 2.24. The number of rotatable bonds is 6. The fourth-order valence-electron chi connectivity index (χ4n) is 3.08. The highest BCUT2D eigenvalue weighted by atomic mass is 32.2. The molecule has 1 aliphatic rings. The summed E-state index contributed by atoms with van der Waals surface area (Å²) < 4.78 is 26.5. The summed E-state index contributed by atoms with van der Waals surface area (Å²) in [5.41, 5.74) is 4.82. The molecule has 0 amide bonds. The van der Waals surface area contributed by atoms with E-state index in [-0.39, 0.29) is 17.0 Å². The Morgan fingerprint density at radius 1 is 1.48 bits per heavy atom. The third-order valence-corrected chi connectivity index (χ3v) is 6.64. The largest absolute Gasteiger partial charge is 0.271 e. The molecule has 120 valence electrons. The van der Waals surface area contributed by atoms with E-state index in [1.54, 1.807) is 0 Å². The molecule has 0 radical (unpaired) electrons. The van der Waals surface area contributed by atoms with Crippen molar-refractivity contribution in [3.8, 4) is 0 Å². The molecule has 7 heteroatoms. The average molecular weight is 314 g/mol. The number of aromatic nitrogens is 2. The number of nitrogens with one attached hydrogen (secondary N) is 1. The van der Waals surface area contributed by atoms with Crippen LogP contribution in [0.5, 0.6) is 0 Å². The topological polar surface area (TPSA) is 90.0 Å². The van der Waals surface area contributed by atoms with Crippen LogP contribution in [-0.4, -0.2) is 35.2 Å². The van der Waals surface area contributed by atoms with E-state index in [0.717, 1.165) is 37.2 Å². The number of hydrogen-bond acceptors (Lipinski definition) is 5. The predicted molar refractivity (Wildman–Crippen MR) is 83.5 cm³/mol. The highest BCUT2D eigenvalue weighted by molar-refractivity contribution is 7.92. The summed E-state index contributed by atoms with van der Waals surface area (Å²) in [5.74, 6) is 5.94. The van der Waals surface area contributed by atoms with E-state index in [1.807, 2.05) is 11.6 Å². The van der Waals surface area contributed by atoms with E-state index in [9.17, 15) is 8.42 Å². The number of nitrogens with zero attached hydrogens (tertiary/aromatic N) is 2. The number of hydrazine groups is 1. The molecule has 0 saturated carbocycles. The molecule has 2 rings (SSSR count). The van der Waals surface area contributed by atoms with Crippen LogP contribution < -0.4 is 11.3 Å². The lowest BCUT2D eigenvalue weighted by Gasteiger charge is -2.29. The van der Waals surface area contributed by atoms with Gasteiger partial charge in [-0.05, 0) is 32.3 Å². The lowest BCUT2D eigenvalue weighted by atomic mass is 10.0. The highest BCUT2D eigenvalue weighted by Gasteiger charge is 2.35. The summed E-state index contributed by atoms with van der Waals surface area (Å²) in [6, 6.07) is 1.81. The van der Waals surface area contributed by atoms with Gasteiger partial charge in [0.2, 0.25) is 0 Å². The summed E-state index contributed by atoms with van der Waals surface area (Å²) in [7, 11) is -3.05. The number of aryl methyl sites for hydroxylation is 2. The number of sulfone groups is 1. The molecular weight excluding hydrogens is 288 g/mol.